The molecule has 112 valence electrons. The molecule has 0 radical (unpaired) electrons. The fourth-order valence-electron chi connectivity index (χ4n) is 1.99. The van der Waals surface area contributed by atoms with Gasteiger partial charge in [0.25, 0.3) is 5.91 Å². The minimum Gasteiger partial charge on any atom is -0.495 e. The van der Waals surface area contributed by atoms with Crippen LogP contribution in [-0.2, 0) is 0 Å². The minimum atomic E-state index is -0.373. The monoisotopic (exact) mass is 318 g/mol. The number of nitrogens with zero attached hydrogens (tertiary/aromatic N) is 1. The number of nitrogens with one attached hydrogen (secondary N) is 3. The summed E-state index contributed by atoms with van der Waals surface area (Å²) < 4.78 is 5.09. The average molecular weight is 319 g/mol. The highest BCUT2D eigenvalue weighted by Crippen LogP contribution is 2.27. The van der Waals surface area contributed by atoms with Crippen molar-refractivity contribution in [3.05, 3.63) is 51.5 Å². The molecule has 7 nitrogen and oxygen atoms in total. The smallest absolute Gasteiger partial charge is 0.325 e. The first kappa shape index (κ1) is 14.2. The van der Waals surface area contributed by atoms with E-state index < -0.39 is 0 Å². The van der Waals surface area contributed by atoms with Crippen molar-refractivity contribution in [3.63, 3.8) is 0 Å². The van der Waals surface area contributed by atoms with Crippen LogP contribution in [0.4, 0.5) is 5.69 Å². The molecule has 0 aliphatic rings. The third-order valence-corrected chi connectivity index (χ3v) is 3.35. The van der Waals surface area contributed by atoms with Crippen molar-refractivity contribution in [1.29, 1.82) is 0 Å². The van der Waals surface area contributed by atoms with Gasteiger partial charge in [0, 0.05) is 18.0 Å². The summed E-state index contributed by atoms with van der Waals surface area (Å²) in [4.78, 5) is 32.5. The van der Waals surface area contributed by atoms with Gasteiger partial charge in [0.05, 0.1) is 23.2 Å². The molecule has 0 fully saturated rings. The molecule has 0 aliphatic heterocycles. The van der Waals surface area contributed by atoms with E-state index in [1.165, 1.54) is 13.3 Å². The third-order valence-electron chi connectivity index (χ3n) is 3.04. The second kappa shape index (κ2) is 5.53. The Hall–Kier alpha value is -2.80. The van der Waals surface area contributed by atoms with Gasteiger partial charge in [-0.15, -0.1) is 0 Å². The van der Waals surface area contributed by atoms with Crippen molar-refractivity contribution in [3.8, 4) is 5.75 Å². The van der Waals surface area contributed by atoms with E-state index in [0.717, 1.165) is 0 Å². The van der Waals surface area contributed by atoms with Crippen LogP contribution in [0.1, 0.15) is 10.4 Å². The van der Waals surface area contributed by atoms with Gasteiger partial charge in [-0.2, -0.15) is 0 Å². The number of aromatic nitrogens is 3. The Bertz CT molecular complexity index is 916. The molecule has 3 rings (SSSR count). The zero-order chi connectivity index (χ0) is 15.7. The van der Waals surface area contributed by atoms with Gasteiger partial charge >= 0.3 is 5.69 Å². The molecule has 3 N–H and O–H groups in total. The number of hydrogen-bond donors (Lipinski definition) is 3. The molecular weight excluding hydrogens is 308 g/mol. The number of carbonyl (C=O) groups excluding carboxylic acids is 1. The number of benzene rings is 1. The van der Waals surface area contributed by atoms with Crippen molar-refractivity contribution < 1.29 is 9.53 Å². The molecule has 1 amide bonds. The average Bonchev–Trinajstić information content (AvgIpc) is 2.88. The van der Waals surface area contributed by atoms with E-state index in [0.29, 0.717) is 33.2 Å². The van der Waals surface area contributed by atoms with E-state index in [1.54, 1.807) is 24.3 Å². The molecule has 0 aliphatic carbocycles. The number of rotatable bonds is 3. The molecule has 0 bridgehead atoms. The standard InChI is InChI=1S/C14H11ClN4O3/c1-22-11-5-8(2-3-9(11)15)17-13(20)7-4-10-12(16-6-7)19-14(21)18-10/h2-6H,1H3,(H,17,20)(H2,16,18,19,21). The quantitative estimate of drug-likeness (QED) is 0.689. The maximum absolute atomic E-state index is 12.2. The molecule has 2 aromatic heterocycles. The van der Waals surface area contributed by atoms with E-state index in [1.807, 2.05) is 0 Å². The van der Waals surface area contributed by atoms with Crippen LogP contribution in [0.3, 0.4) is 0 Å². The molecule has 0 unspecified atom stereocenters. The van der Waals surface area contributed by atoms with E-state index in [4.69, 9.17) is 16.3 Å². The second-order valence-electron chi connectivity index (χ2n) is 4.50. The maximum atomic E-state index is 12.2. The summed E-state index contributed by atoms with van der Waals surface area (Å²) in [5.74, 6) is 0.101. The van der Waals surface area contributed by atoms with Crippen LogP contribution in [0.25, 0.3) is 11.2 Å². The van der Waals surface area contributed by atoms with Crippen molar-refractivity contribution in [2.45, 2.75) is 0 Å². The van der Waals surface area contributed by atoms with E-state index >= 15 is 0 Å². The van der Waals surface area contributed by atoms with Crippen LogP contribution in [0, 0.1) is 0 Å². The highest BCUT2D eigenvalue weighted by atomic mass is 35.5. The topological polar surface area (TPSA) is 99.9 Å². The fraction of sp³-hybridized carbons (Fsp3) is 0.0714. The number of H-pyrrole nitrogens is 2. The lowest BCUT2D eigenvalue weighted by atomic mass is 10.2. The third kappa shape index (κ3) is 2.66. The number of amides is 1. The van der Waals surface area contributed by atoms with Crippen LogP contribution in [0.5, 0.6) is 5.75 Å². The van der Waals surface area contributed by atoms with Crippen molar-refractivity contribution in [2.75, 3.05) is 12.4 Å². The summed E-state index contributed by atoms with van der Waals surface area (Å²) in [6, 6.07) is 6.45. The largest absolute Gasteiger partial charge is 0.495 e. The van der Waals surface area contributed by atoms with E-state index in [2.05, 4.69) is 20.3 Å². The number of pyridine rings is 1. The Kier molecular flexibility index (Phi) is 3.56. The molecule has 1 aromatic carbocycles. The Morgan fingerprint density at radius 2 is 2.14 bits per heavy atom. The lowest BCUT2D eigenvalue weighted by Crippen LogP contribution is -2.12. The van der Waals surface area contributed by atoms with Crippen LogP contribution >= 0.6 is 11.6 Å². The summed E-state index contributed by atoms with van der Waals surface area (Å²) in [6.07, 6.45) is 1.38. The molecule has 0 spiro atoms. The Labute approximate surface area is 129 Å². The SMILES string of the molecule is COc1cc(NC(=O)c2cnc3[nH]c(=O)[nH]c3c2)ccc1Cl. The summed E-state index contributed by atoms with van der Waals surface area (Å²) in [5, 5.41) is 3.16. The highest BCUT2D eigenvalue weighted by Gasteiger charge is 2.10. The minimum absolute atomic E-state index is 0.316. The fourth-order valence-corrected chi connectivity index (χ4v) is 2.18. The number of hydrogen-bond acceptors (Lipinski definition) is 4. The summed E-state index contributed by atoms with van der Waals surface area (Å²) in [6.45, 7) is 0. The number of anilines is 1. The molecule has 2 heterocycles. The van der Waals surface area contributed by atoms with E-state index in [-0.39, 0.29) is 11.6 Å². The normalized spacial score (nSPS) is 10.6. The lowest BCUT2D eigenvalue weighted by Gasteiger charge is -2.08. The van der Waals surface area contributed by atoms with Gasteiger partial charge in [0.2, 0.25) is 0 Å². The van der Waals surface area contributed by atoms with Gasteiger partial charge in [-0.05, 0) is 18.2 Å². The first-order valence-electron chi connectivity index (χ1n) is 6.30. The molecule has 0 saturated heterocycles. The van der Waals surface area contributed by atoms with Crippen molar-refractivity contribution in [2.24, 2.45) is 0 Å². The van der Waals surface area contributed by atoms with Crippen LogP contribution in [0.15, 0.2) is 35.3 Å². The first-order chi connectivity index (χ1) is 10.6. The van der Waals surface area contributed by atoms with Crippen LogP contribution < -0.4 is 15.7 Å². The van der Waals surface area contributed by atoms with Gasteiger partial charge in [-0.25, -0.2) is 9.78 Å². The number of ether oxygens (including phenoxy) is 1. The van der Waals surface area contributed by atoms with Gasteiger partial charge in [0.15, 0.2) is 5.65 Å². The first-order valence-corrected chi connectivity index (χ1v) is 6.67. The molecule has 22 heavy (non-hydrogen) atoms. The maximum Gasteiger partial charge on any atom is 0.325 e. The molecule has 0 saturated carbocycles. The molecule has 3 aromatic rings. The zero-order valence-electron chi connectivity index (χ0n) is 11.4. The number of carbonyl (C=O) groups is 1. The summed E-state index contributed by atoms with van der Waals surface area (Å²) in [5.41, 5.74) is 1.34. The molecule has 8 heteroatoms. The predicted octanol–water partition coefficient (Wildman–Crippen LogP) is 2.17. The van der Waals surface area contributed by atoms with E-state index in [9.17, 15) is 9.59 Å². The lowest BCUT2D eigenvalue weighted by molar-refractivity contribution is 0.102. The number of halogens is 1. The molecular formula is C14H11ClN4O3. The van der Waals surface area contributed by atoms with Gasteiger partial charge < -0.3 is 15.0 Å². The van der Waals surface area contributed by atoms with Gasteiger partial charge in [-0.3, -0.25) is 9.78 Å². The zero-order valence-corrected chi connectivity index (χ0v) is 12.2. The summed E-state index contributed by atoms with van der Waals surface area (Å²) >= 11 is 5.93. The van der Waals surface area contributed by atoms with Crippen LogP contribution in [-0.4, -0.2) is 28.0 Å². The Morgan fingerprint density at radius 3 is 2.91 bits per heavy atom. The molecule has 0 atom stereocenters. The number of imidazole rings is 1. The predicted molar refractivity (Wildman–Crippen MR) is 82.7 cm³/mol. The van der Waals surface area contributed by atoms with Gasteiger partial charge in [0.1, 0.15) is 5.75 Å². The highest BCUT2D eigenvalue weighted by molar-refractivity contribution is 6.32. The Morgan fingerprint density at radius 1 is 1.32 bits per heavy atom. The Balaban J connectivity index is 1.87. The van der Waals surface area contributed by atoms with Crippen LogP contribution in [0.2, 0.25) is 5.02 Å². The number of fused-ring (bicyclic) bond motifs is 1. The van der Waals surface area contributed by atoms with Crippen molar-refractivity contribution >= 4 is 34.4 Å². The summed E-state index contributed by atoms with van der Waals surface area (Å²) in [7, 11) is 1.49. The number of aromatic amines is 2. The van der Waals surface area contributed by atoms with Gasteiger partial charge in [-0.1, -0.05) is 11.6 Å². The van der Waals surface area contributed by atoms with Crippen molar-refractivity contribution in [1.82, 2.24) is 15.0 Å². The number of methoxy groups -OCH3 is 1. The second-order valence-corrected chi connectivity index (χ2v) is 4.91.